The van der Waals surface area contributed by atoms with Crippen molar-refractivity contribution in [3.05, 3.63) is 85.1 Å². The first kappa shape index (κ1) is 98.2. The van der Waals surface area contributed by atoms with E-state index in [-0.39, 0.29) is 25.7 Å². The van der Waals surface area contributed by atoms with Crippen molar-refractivity contribution in [2.45, 2.75) is 380 Å². The van der Waals surface area contributed by atoms with Crippen molar-refractivity contribution in [1.29, 1.82) is 0 Å². The van der Waals surface area contributed by atoms with Gasteiger partial charge in [-0.25, -0.2) is 9.13 Å². The number of phosphoric ester groups is 2. The minimum absolute atomic E-state index is 0.0792. The van der Waals surface area contributed by atoms with Gasteiger partial charge in [0.15, 0.2) is 12.2 Å². The number of allylic oxidation sites excluding steroid dienone is 14. The number of ether oxygens (including phenoxy) is 4. The molecule has 0 saturated carbocycles. The number of aliphatic hydroxyl groups excluding tert-OH is 1. The summed E-state index contributed by atoms with van der Waals surface area (Å²) >= 11 is 0. The lowest BCUT2D eigenvalue weighted by molar-refractivity contribution is -0.161. The Kier molecular flexibility index (Phi) is 72.7. The van der Waals surface area contributed by atoms with E-state index in [2.05, 4.69) is 113 Å². The number of phosphoric acid groups is 2. The maximum Gasteiger partial charge on any atom is 0.472 e. The Morgan fingerprint density at radius 1 is 0.284 bits per heavy atom. The number of hydrogen-bond acceptors (Lipinski definition) is 15. The second kappa shape index (κ2) is 75.5. The third-order valence-electron chi connectivity index (χ3n) is 17.4. The van der Waals surface area contributed by atoms with Crippen LogP contribution in [0.5, 0.6) is 0 Å². The predicted octanol–water partition coefficient (Wildman–Crippen LogP) is 23.8. The maximum atomic E-state index is 13.1. The Morgan fingerprint density at radius 3 is 0.784 bits per heavy atom. The molecular weight excluding hydrogens is 1330 g/mol. The van der Waals surface area contributed by atoms with Crippen LogP contribution in [0, 0.1) is 0 Å². The second-order valence-corrected chi connectivity index (χ2v) is 30.2. The second-order valence-electron chi connectivity index (χ2n) is 27.3. The van der Waals surface area contributed by atoms with Crippen molar-refractivity contribution in [2.75, 3.05) is 39.6 Å². The molecule has 0 spiro atoms. The maximum absolute atomic E-state index is 13.1. The van der Waals surface area contributed by atoms with E-state index in [1.165, 1.54) is 122 Å². The number of aliphatic hydroxyl groups is 1. The van der Waals surface area contributed by atoms with Crippen molar-refractivity contribution >= 4 is 39.5 Å². The summed E-state index contributed by atoms with van der Waals surface area (Å²) in [6, 6.07) is 0. The third kappa shape index (κ3) is 74.5. The molecule has 0 bridgehead atoms. The Bertz CT molecular complexity index is 2260. The third-order valence-corrected chi connectivity index (χ3v) is 19.3. The van der Waals surface area contributed by atoms with Crippen LogP contribution in [0.1, 0.15) is 362 Å². The quantitative estimate of drug-likeness (QED) is 0.0169. The molecule has 3 N–H and O–H groups in total. The number of unbranched alkanes of at least 4 members (excludes halogenated alkanes) is 37. The standard InChI is InChI=1S/C83H148O17P2/c1-5-9-13-17-21-25-29-33-36-38-41-45-48-52-56-60-64-68-81(86)94-74-79(100-83(88)70-66-62-58-54-50-46-42-39-37-34-30-26-22-18-14-10-6-2)76-98-102(91,92)96-72-77(84)71-95-101(89,90)97-75-78(99-82(87)69-65-61-57-53-49-43-32-28-24-20-16-12-8-4)73-93-80(85)67-63-59-55-51-47-44-40-35-31-27-23-19-15-11-7-3/h9-10,13-14,21-22,25-26,33-34,36-37,41,45,77-79,84H,5-8,11-12,15-20,23-24,27-32,35,38-40,42-44,46-76H2,1-4H3,(H,89,90)(H,91,92)/b13-9-,14-10-,25-21-,26-22-,36-33-,37-34-,45-41-. The monoisotopic (exact) mass is 1480 g/mol. The van der Waals surface area contributed by atoms with Gasteiger partial charge < -0.3 is 33.8 Å². The minimum atomic E-state index is -4.98. The molecule has 0 aromatic rings. The van der Waals surface area contributed by atoms with E-state index < -0.39 is 97.5 Å². The average molecular weight is 1480 g/mol. The molecule has 0 rings (SSSR count). The van der Waals surface area contributed by atoms with Gasteiger partial charge in [-0.2, -0.15) is 0 Å². The topological polar surface area (TPSA) is 237 Å². The van der Waals surface area contributed by atoms with Crippen molar-refractivity contribution in [2.24, 2.45) is 0 Å². The van der Waals surface area contributed by atoms with Gasteiger partial charge in [0.2, 0.25) is 0 Å². The lowest BCUT2D eigenvalue weighted by Crippen LogP contribution is -2.30. The van der Waals surface area contributed by atoms with Gasteiger partial charge in [0.05, 0.1) is 26.4 Å². The van der Waals surface area contributed by atoms with Crippen molar-refractivity contribution in [3.8, 4) is 0 Å². The first-order valence-corrected chi connectivity index (χ1v) is 43.8. The van der Waals surface area contributed by atoms with Gasteiger partial charge >= 0.3 is 39.5 Å². The SMILES string of the molecule is CC/C=C\C/C=C\C/C=C\C/C=C\CCCCCCC(=O)OCC(COP(=O)(O)OCC(O)COP(=O)(O)OCC(COC(=O)CCCCCCCCCCCCCCCCC)OC(=O)CCCCCCCCCCCCCCC)OC(=O)CCCCCCCCC/C=C\C/C=C\C/C=C\CC. The Labute approximate surface area is 621 Å². The van der Waals surface area contributed by atoms with Gasteiger partial charge in [0.1, 0.15) is 19.3 Å². The smallest absolute Gasteiger partial charge is 0.462 e. The molecule has 0 aromatic heterocycles. The zero-order chi connectivity index (χ0) is 74.6. The lowest BCUT2D eigenvalue weighted by atomic mass is 10.0. The zero-order valence-electron chi connectivity index (χ0n) is 64.8. The largest absolute Gasteiger partial charge is 0.472 e. The Morgan fingerprint density at radius 2 is 0.510 bits per heavy atom. The van der Waals surface area contributed by atoms with Gasteiger partial charge in [0.25, 0.3) is 0 Å². The van der Waals surface area contributed by atoms with E-state index in [9.17, 15) is 43.2 Å². The Hall–Kier alpha value is -3.76. The summed E-state index contributed by atoms with van der Waals surface area (Å²) in [4.78, 5) is 73.1. The fraction of sp³-hybridized carbons (Fsp3) is 0.783. The molecule has 5 atom stereocenters. The summed E-state index contributed by atoms with van der Waals surface area (Å²) in [5.41, 5.74) is 0. The first-order valence-electron chi connectivity index (χ1n) is 40.8. The normalized spacial score (nSPS) is 14.3. The van der Waals surface area contributed by atoms with Gasteiger partial charge in [-0.1, -0.05) is 325 Å². The number of rotatable bonds is 77. The summed E-state index contributed by atoms with van der Waals surface area (Å²) in [7, 11) is -9.95. The van der Waals surface area contributed by atoms with Crippen molar-refractivity contribution in [1.82, 2.24) is 0 Å². The Balaban J connectivity index is 5.35. The van der Waals surface area contributed by atoms with Crippen LogP contribution in [0.4, 0.5) is 0 Å². The highest BCUT2D eigenvalue weighted by molar-refractivity contribution is 7.47. The first-order chi connectivity index (χ1) is 49.7. The molecule has 102 heavy (non-hydrogen) atoms. The summed E-state index contributed by atoms with van der Waals surface area (Å²) in [5.74, 6) is -2.18. The van der Waals surface area contributed by atoms with Crippen LogP contribution < -0.4 is 0 Å². The number of hydrogen-bond donors (Lipinski definition) is 3. The summed E-state index contributed by atoms with van der Waals surface area (Å²) < 4.78 is 68.7. The molecular formula is C83H148O17P2. The van der Waals surface area contributed by atoms with E-state index in [1.54, 1.807) is 0 Å². The average Bonchev–Trinajstić information content (AvgIpc) is 0.959. The van der Waals surface area contributed by atoms with Gasteiger partial charge in [0, 0.05) is 25.7 Å². The van der Waals surface area contributed by atoms with Crippen LogP contribution in [0.25, 0.3) is 0 Å². The molecule has 0 saturated heterocycles. The molecule has 0 aliphatic heterocycles. The van der Waals surface area contributed by atoms with Crippen LogP contribution in [-0.2, 0) is 65.4 Å². The van der Waals surface area contributed by atoms with E-state index >= 15 is 0 Å². The van der Waals surface area contributed by atoms with Crippen LogP contribution in [0.3, 0.4) is 0 Å². The number of esters is 4. The zero-order valence-corrected chi connectivity index (χ0v) is 66.6. The van der Waals surface area contributed by atoms with Crippen LogP contribution in [0.2, 0.25) is 0 Å². The van der Waals surface area contributed by atoms with E-state index in [4.69, 9.17) is 37.0 Å². The molecule has 0 amide bonds. The predicted molar refractivity (Wildman–Crippen MR) is 418 cm³/mol. The van der Waals surface area contributed by atoms with Crippen molar-refractivity contribution < 1.29 is 80.2 Å². The molecule has 17 nitrogen and oxygen atoms in total. The van der Waals surface area contributed by atoms with E-state index in [0.717, 1.165) is 161 Å². The number of carbonyl (C=O) groups is 4. The van der Waals surface area contributed by atoms with E-state index in [1.807, 2.05) is 0 Å². The minimum Gasteiger partial charge on any atom is -0.462 e. The molecule has 592 valence electrons. The summed E-state index contributed by atoms with van der Waals surface area (Å²) in [6.45, 7) is 4.69. The van der Waals surface area contributed by atoms with Gasteiger partial charge in [-0.3, -0.25) is 37.3 Å². The molecule has 0 fully saturated rings. The molecule has 0 radical (unpaired) electrons. The van der Waals surface area contributed by atoms with Crippen LogP contribution >= 0.6 is 15.6 Å². The van der Waals surface area contributed by atoms with Gasteiger partial charge in [-0.05, 0) is 96.3 Å². The highest BCUT2D eigenvalue weighted by Gasteiger charge is 2.30. The molecule has 0 aliphatic carbocycles. The van der Waals surface area contributed by atoms with Crippen LogP contribution in [-0.4, -0.2) is 96.7 Å². The molecule has 19 heteroatoms. The summed E-state index contributed by atoms with van der Waals surface area (Å²) in [5, 5.41) is 10.6. The van der Waals surface area contributed by atoms with Crippen molar-refractivity contribution in [3.63, 3.8) is 0 Å². The fourth-order valence-corrected chi connectivity index (χ4v) is 12.8. The molecule has 0 aromatic carbocycles. The fourth-order valence-electron chi connectivity index (χ4n) is 11.2. The molecule has 0 heterocycles. The summed E-state index contributed by atoms with van der Waals surface area (Å²) in [6.07, 6.45) is 78.3. The highest BCUT2D eigenvalue weighted by Crippen LogP contribution is 2.45. The number of carbonyl (C=O) groups excluding carboxylic acids is 4. The molecule has 5 unspecified atom stereocenters. The highest BCUT2D eigenvalue weighted by atomic mass is 31.2. The van der Waals surface area contributed by atoms with Crippen LogP contribution in [0.15, 0.2) is 85.1 Å². The van der Waals surface area contributed by atoms with E-state index in [0.29, 0.717) is 25.7 Å². The lowest BCUT2D eigenvalue weighted by Gasteiger charge is -2.21. The van der Waals surface area contributed by atoms with Gasteiger partial charge in [-0.15, -0.1) is 0 Å². The molecule has 0 aliphatic rings.